The van der Waals surface area contributed by atoms with Crippen LogP contribution in [0.2, 0.25) is 31.7 Å². The largest absolute Gasteiger partial charge is 0.436 e. The Morgan fingerprint density at radius 3 is 1.85 bits per heavy atom. The molecule has 2 nitrogen and oxygen atoms in total. The van der Waals surface area contributed by atoms with Gasteiger partial charge in [0, 0.05) is 5.54 Å². The Labute approximate surface area is 128 Å². The summed E-state index contributed by atoms with van der Waals surface area (Å²) in [6.07, 6.45) is 5.28. The number of hydrogen-bond donors (Lipinski definition) is 0. The molecule has 0 radical (unpaired) electrons. The van der Waals surface area contributed by atoms with Gasteiger partial charge in [-0.05, 0) is 44.2 Å². The van der Waals surface area contributed by atoms with Crippen molar-refractivity contribution >= 4 is 31.8 Å². The van der Waals surface area contributed by atoms with Crippen LogP contribution in [0.4, 0.5) is 0 Å². The van der Waals surface area contributed by atoms with Crippen molar-refractivity contribution in [1.82, 2.24) is 0 Å². The number of benzene rings is 1. The lowest BCUT2D eigenvalue weighted by Gasteiger charge is -2.39. The summed E-state index contributed by atoms with van der Waals surface area (Å²) in [5.41, 5.74) is 0.662. The molecule has 0 unspecified atom stereocenters. The molecule has 1 aliphatic rings. The molecule has 5 heteroatoms. The first-order valence-electron chi connectivity index (χ1n) is 7.95. The topological polar surface area (TPSA) is 18.5 Å². The molecule has 0 atom stereocenters. The fraction of sp³-hybridized carbons (Fsp3) is 0.600. The summed E-state index contributed by atoms with van der Waals surface area (Å²) in [5, 5.41) is 1.37. The molecule has 0 bridgehead atoms. The molecule has 0 saturated heterocycles. The van der Waals surface area contributed by atoms with Gasteiger partial charge in [-0.25, -0.2) is 0 Å². The molecule has 1 aromatic carbocycles. The zero-order chi connectivity index (χ0) is 14.6. The second kappa shape index (κ2) is 7.18. The van der Waals surface area contributed by atoms with Crippen LogP contribution in [-0.2, 0) is 8.23 Å². The molecular weight excluding hydrogens is 296 g/mol. The van der Waals surface area contributed by atoms with E-state index in [1.165, 1.54) is 30.9 Å². The van der Waals surface area contributed by atoms with Gasteiger partial charge in [0.25, 0.3) is 0 Å². The van der Waals surface area contributed by atoms with Crippen LogP contribution in [-0.4, -0.2) is 26.6 Å². The summed E-state index contributed by atoms with van der Waals surface area (Å²) >= 11 is 0. The van der Waals surface area contributed by atoms with Crippen molar-refractivity contribution in [3.63, 3.8) is 0 Å². The molecule has 1 saturated carbocycles. The maximum Gasteiger partial charge on any atom is 0.354 e. The van der Waals surface area contributed by atoms with E-state index < -0.39 is 26.6 Å². The van der Waals surface area contributed by atoms with Gasteiger partial charge in [-0.2, -0.15) is 0 Å². The Balaban J connectivity index is 2.41. The molecule has 0 aliphatic heterocycles. The van der Waals surface area contributed by atoms with Gasteiger partial charge >= 0.3 is 8.56 Å². The highest BCUT2D eigenvalue weighted by atomic mass is 28.5. The van der Waals surface area contributed by atoms with E-state index in [9.17, 15) is 0 Å². The first-order chi connectivity index (χ1) is 9.54. The molecule has 0 amide bonds. The SMILES string of the molecule is C[SiH](C)O[Si](O[SiH](C)C)(c1ccccc1)C1CCCC1. The highest BCUT2D eigenvalue weighted by molar-refractivity contribution is 6.90. The third kappa shape index (κ3) is 3.71. The van der Waals surface area contributed by atoms with Crippen LogP contribution < -0.4 is 5.19 Å². The minimum Gasteiger partial charge on any atom is -0.436 e. The van der Waals surface area contributed by atoms with Crippen molar-refractivity contribution in [1.29, 1.82) is 0 Å². The quantitative estimate of drug-likeness (QED) is 0.748. The van der Waals surface area contributed by atoms with E-state index in [0.29, 0.717) is 5.54 Å². The molecule has 0 heterocycles. The summed E-state index contributed by atoms with van der Waals surface area (Å²) in [7, 11) is -4.48. The van der Waals surface area contributed by atoms with E-state index in [1.54, 1.807) is 0 Å². The summed E-state index contributed by atoms with van der Waals surface area (Å²) in [5.74, 6) is 0. The Morgan fingerprint density at radius 2 is 1.40 bits per heavy atom. The van der Waals surface area contributed by atoms with E-state index in [1.807, 2.05) is 0 Å². The van der Waals surface area contributed by atoms with Gasteiger partial charge in [-0.15, -0.1) is 0 Å². The summed E-state index contributed by atoms with van der Waals surface area (Å²) in [4.78, 5) is 0. The number of rotatable bonds is 6. The van der Waals surface area contributed by atoms with Gasteiger partial charge in [-0.3, -0.25) is 0 Å². The Bertz CT molecular complexity index is 393. The molecule has 20 heavy (non-hydrogen) atoms. The van der Waals surface area contributed by atoms with E-state index in [2.05, 4.69) is 56.5 Å². The fourth-order valence-electron chi connectivity index (χ4n) is 3.27. The van der Waals surface area contributed by atoms with Crippen molar-refractivity contribution < 1.29 is 8.23 Å². The fourth-order valence-corrected chi connectivity index (χ4v) is 14.5. The van der Waals surface area contributed by atoms with Crippen molar-refractivity contribution in [3.05, 3.63) is 30.3 Å². The zero-order valence-corrected chi connectivity index (χ0v) is 16.6. The molecule has 2 rings (SSSR count). The molecule has 1 fully saturated rings. The summed E-state index contributed by atoms with van der Waals surface area (Å²) in [6.45, 7) is 9.13. The summed E-state index contributed by atoms with van der Waals surface area (Å²) in [6, 6.07) is 10.9. The van der Waals surface area contributed by atoms with E-state index in [4.69, 9.17) is 8.23 Å². The predicted molar refractivity (Wildman–Crippen MR) is 94.0 cm³/mol. The summed E-state index contributed by atoms with van der Waals surface area (Å²) < 4.78 is 13.4. The Kier molecular flexibility index (Phi) is 5.80. The van der Waals surface area contributed by atoms with Gasteiger partial charge in [0.1, 0.15) is 0 Å². The maximum absolute atomic E-state index is 6.71. The first-order valence-corrected chi connectivity index (χ1v) is 15.4. The number of hydrogen-bond acceptors (Lipinski definition) is 2. The minimum absolute atomic E-state index is 0.662. The van der Waals surface area contributed by atoms with Crippen molar-refractivity contribution in [2.75, 3.05) is 0 Å². The van der Waals surface area contributed by atoms with E-state index in [0.717, 1.165) is 0 Å². The normalized spacial score (nSPS) is 17.3. The smallest absolute Gasteiger partial charge is 0.354 e. The van der Waals surface area contributed by atoms with Gasteiger partial charge in [0.05, 0.1) is 0 Å². The monoisotopic (exact) mass is 324 g/mol. The lowest BCUT2D eigenvalue weighted by Crippen LogP contribution is -2.60. The third-order valence-corrected chi connectivity index (χ3v) is 13.3. The Morgan fingerprint density at radius 1 is 0.900 bits per heavy atom. The second-order valence-electron chi connectivity index (χ2n) is 6.35. The van der Waals surface area contributed by atoms with Crippen LogP contribution in [0.15, 0.2) is 30.3 Å². The first kappa shape index (κ1) is 16.2. The molecule has 0 spiro atoms. The maximum atomic E-state index is 6.71. The van der Waals surface area contributed by atoms with Crippen LogP contribution in [0.3, 0.4) is 0 Å². The molecular formula is C15H28O2Si3. The zero-order valence-electron chi connectivity index (χ0n) is 13.3. The average Bonchev–Trinajstić information content (AvgIpc) is 2.92. The van der Waals surface area contributed by atoms with Crippen LogP contribution in [0.5, 0.6) is 0 Å². The van der Waals surface area contributed by atoms with Crippen LogP contribution in [0.1, 0.15) is 25.7 Å². The van der Waals surface area contributed by atoms with E-state index in [-0.39, 0.29) is 0 Å². The Hall–Kier alpha value is -0.209. The predicted octanol–water partition coefficient (Wildman–Crippen LogP) is 3.28. The van der Waals surface area contributed by atoms with Crippen LogP contribution >= 0.6 is 0 Å². The minimum atomic E-state index is -2.24. The van der Waals surface area contributed by atoms with Gasteiger partial charge in [-0.1, -0.05) is 43.2 Å². The third-order valence-electron chi connectivity index (χ3n) is 3.89. The molecule has 112 valence electrons. The van der Waals surface area contributed by atoms with Crippen molar-refractivity contribution in [2.24, 2.45) is 0 Å². The van der Waals surface area contributed by atoms with E-state index >= 15 is 0 Å². The van der Waals surface area contributed by atoms with Crippen molar-refractivity contribution in [2.45, 2.75) is 57.4 Å². The molecule has 1 aromatic rings. The van der Waals surface area contributed by atoms with Crippen molar-refractivity contribution in [3.8, 4) is 0 Å². The van der Waals surface area contributed by atoms with Gasteiger partial charge in [0.15, 0.2) is 18.1 Å². The lowest BCUT2D eigenvalue weighted by atomic mass is 10.4. The lowest BCUT2D eigenvalue weighted by molar-refractivity contribution is 0.389. The standard InChI is InChI=1S/C15H28O2Si3/c1-18(2)16-20(17-19(3)4,15-12-8-9-13-15)14-10-6-5-7-11-14/h5-7,10-11,15,18-19H,8-9,12-13H2,1-4H3. The molecule has 0 N–H and O–H groups in total. The highest BCUT2D eigenvalue weighted by Gasteiger charge is 2.49. The van der Waals surface area contributed by atoms with Gasteiger partial charge in [0.2, 0.25) is 0 Å². The van der Waals surface area contributed by atoms with Gasteiger partial charge < -0.3 is 8.23 Å². The molecule has 1 aliphatic carbocycles. The average molecular weight is 325 g/mol. The second-order valence-corrected chi connectivity index (χ2v) is 15.2. The molecule has 0 aromatic heterocycles. The van der Waals surface area contributed by atoms with Crippen LogP contribution in [0, 0.1) is 0 Å². The highest BCUT2D eigenvalue weighted by Crippen LogP contribution is 2.40. The van der Waals surface area contributed by atoms with Crippen LogP contribution in [0.25, 0.3) is 0 Å².